The number of hydrogen-bond donors (Lipinski definition) is 3. The van der Waals surface area contributed by atoms with Crippen molar-refractivity contribution in [3.05, 3.63) is 17.0 Å². The number of piperazine rings is 1. The van der Waals surface area contributed by atoms with Crippen molar-refractivity contribution >= 4 is 22.4 Å². The first-order chi connectivity index (χ1) is 7.74. The maximum Gasteiger partial charge on any atom is 0.317 e. The molecule has 2 heterocycles. The first-order valence-electron chi connectivity index (χ1n) is 5.32. The average Bonchev–Trinajstić information content (AvgIpc) is 2.66. The number of anilines is 1. The van der Waals surface area contributed by atoms with E-state index in [1.165, 1.54) is 4.88 Å². The number of hydrogen-bond acceptors (Lipinski definition) is 4. The summed E-state index contributed by atoms with van der Waals surface area (Å²) in [5, 5.41) is 6.73. The van der Waals surface area contributed by atoms with E-state index < -0.39 is 6.03 Å². The van der Waals surface area contributed by atoms with Crippen molar-refractivity contribution in [3.63, 3.8) is 0 Å². The van der Waals surface area contributed by atoms with E-state index >= 15 is 0 Å². The molecule has 2 rings (SSSR count). The topological polar surface area (TPSA) is 70.4 Å². The van der Waals surface area contributed by atoms with Gasteiger partial charge in [-0.2, -0.15) is 0 Å². The second-order valence-corrected chi connectivity index (χ2v) is 4.95. The Morgan fingerprint density at radius 2 is 2.25 bits per heavy atom. The van der Waals surface area contributed by atoms with Crippen molar-refractivity contribution in [3.8, 4) is 0 Å². The van der Waals surface area contributed by atoms with Crippen molar-refractivity contribution < 1.29 is 4.79 Å². The quantitative estimate of drug-likeness (QED) is 0.726. The summed E-state index contributed by atoms with van der Waals surface area (Å²) in [4.78, 5) is 14.3. The van der Waals surface area contributed by atoms with Crippen LogP contribution in [0.5, 0.6) is 0 Å². The zero-order valence-corrected chi connectivity index (χ0v) is 9.85. The molecule has 0 atom stereocenters. The molecule has 0 unspecified atom stereocenters. The van der Waals surface area contributed by atoms with Crippen LogP contribution < -0.4 is 16.4 Å². The molecule has 6 heteroatoms. The SMILES string of the molecule is NC(=O)Nc1ccc(CN2CCNCC2)s1. The highest BCUT2D eigenvalue weighted by Crippen LogP contribution is 2.23. The van der Waals surface area contributed by atoms with Gasteiger partial charge in [-0.3, -0.25) is 10.2 Å². The Morgan fingerprint density at radius 1 is 1.50 bits per heavy atom. The minimum absolute atomic E-state index is 0.504. The number of carbonyl (C=O) groups excluding carboxylic acids is 1. The first-order valence-corrected chi connectivity index (χ1v) is 6.14. The molecule has 16 heavy (non-hydrogen) atoms. The van der Waals surface area contributed by atoms with E-state index in [4.69, 9.17) is 5.73 Å². The molecular weight excluding hydrogens is 224 g/mol. The van der Waals surface area contributed by atoms with Crippen LogP contribution in [0.15, 0.2) is 12.1 Å². The van der Waals surface area contributed by atoms with Gasteiger partial charge in [0.05, 0.1) is 5.00 Å². The standard InChI is InChI=1S/C10H16N4OS/c11-10(15)13-9-2-1-8(16-9)7-14-5-3-12-4-6-14/h1-2,12H,3-7H2,(H3,11,13,15). The monoisotopic (exact) mass is 240 g/mol. The van der Waals surface area contributed by atoms with Gasteiger partial charge in [0.25, 0.3) is 0 Å². The number of thiophene rings is 1. The number of nitrogens with zero attached hydrogens (tertiary/aromatic N) is 1. The maximum atomic E-state index is 10.7. The van der Waals surface area contributed by atoms with E-state index in [9.17, 15) is 4.79 Å². The van der Waals surface area contributed by atoms with Crippen molar-refractivity contribution in [1.29, 1.82) is 0 Å². The number of carbonyl (C=O) groups is 1. The van der Waals surface area contributed by atoms with Crippen LogP contribution in [-0.2, 0) is 6.54 Å². The predicted octanol–water partition coefficient (Wildman–Crippen LogP) is 0.644. The van der Waals surface area contributed by atoms with Crippen LogP contribution in [0, 0.1) is 0 Å². The van der Waals surface area contributed by atoms with Gasteiger partial charge in [-0.25, -0.2) is 4.79 Å². The van der Waals surface area contributed by atoms with Crippen molar-refractivity contribution in [2.75, 3.05) is 31.5 Å². The van der Waals surface area contributed by atoms with Crippen LogP contribution in [0.3, 0.4) is 0 Å². The highest BCUT2D eigenvalue weighted by Gasteiger charge is 2.11. The number of amides is 2. The van der Waals surface area contributed by atoms with Crippen LogP contribution in [0.4, 0.5) is 9.80 Å². The summed E-state index contributed by atoms with van der Waals surface area (Å²) in [6.07, 6.45) is 0. The van der Waals surface area contributed by atoms with Crippen molar-refractivity contribution in [2.24, 2.45) is 5.73 Å². The van der Waals surface area contributed by atoms with E-state index in [0.717, 1.165) is 37.7 Å². The van der Waals surface area contributed by atoms with Gasteiger partial charge >= 0.3 is 6.03 Å². The summed E-state index contributed by atoms with van der Waals surface area (Å²) in [5.41, 5.74) is 5.06. The summed E-state index contributed by atoms with van der Waals surface area (Å²) >= 11 is 1.58. The largest absolute Gasteiger partial charge is 0.351 e. The molecule has 5 nitrogen and oxygen atoms in total. The molecule has 88 valence electrons. The molecule has 0 aromatic carbocycles. The zero-order valence-electron chi connectivity index (χ0n) is 9.03. The van der Waals surface area contributed by atoms with E-state index in [2.05, 4.69) is 15.5 Å². The molecule has 0 spiro atoms. The lowest BCUT2D eigenvalue weighted by atomic mass is 10.3. The second-order valence-electron chi connectivity index (χ2n) is 3.78. The molecule has 1 fully saturated rings. The summed E-state index contributed by atoms with van der Waals surface area (Å²) in [7, 11) is 0. The van der Waals surface area contributed by atoms with E-state index in [-0.39, 0.29) is 0 Å². The molecular formula is C10H16N4OS. The van der Waals surface area contributed by atoms with Crippen LogP contribution in [0.25, 0.3) is 0 Å². The van der Waals surface area contributed by atoms with Gasteiger partial charge in [-0.05, 0) is 12.1 Å². The number of primary amides is 1. The molecule has 0 saturated carbocycles. The Bertz CT molecular complexity index is 359. The predicted molar refractivity (Wildman–Crippen MR) is 65.7 cm³/mol. The van der Waals surface area contributed by atoms with Gasteiger partial charge in [-0.1, -0.05) is 0 Å². The van der Waals surface area contributed by atoms with E-state index in [1.54, 1.807) is 11.3 Å². The third kappa shape index (κ3) is 3.19. The summed E-state index contributed by atoms with van der Waals surface area (Å²) in [6.45, 7) is 5.22. The van der Waals surface area contributed by atoms with Gasteiger partial charge in [0.2, 0.25) is 0 Å². The third-order valence-corrected chi connectivity index (χ3v) is 3.48. The Morgan fingerprint density at radius 3 is 2.94 bits per heavy atom. The second kappa shape index (κ2) is 5.29. The maximum absolute atomic E-state index is 10.7. The van der Waals surface area contributed by atoms with Crippen LogP contribution in [0.2, 0.25) is 0 Å². The molecule has 0 aliphatic carbocycles. The lowest BCUT2D eigenvalue weighted by Crippen LogP contribution is -2.42. The molecule has 0 bridgehead atoms. The minimum Gasteiger partial charge on any atom is -0.351 e. The smallest absolute Gasteiger partial charge is 0.317 e. The highest BCUT2D eigenvalue weighted by molar-refractivity contribution is 7.16. The molecule has 1 aliphatic rings. The van der Waals surface area contributed by atoms with Gasteiger partial charge < -0.3 is 11.1 Å². The zero-order chi connectivity index (χ0) is 11.4. The fourth-order valence-electron chi connectivity index (χ4n) is 1.74. The lowest BCUT2D eigenvalue weighted by Gasteiger charge is -2.26. The summed E-state index contributed by atoms with van der Waals surface area (Å²) < 4.78 is 0. The lowest BCUT2D eigenvalue weighted by molar-refractivity contribution is 0.235. The minimum atomic E-state index is -0.504. The molecule has 0 radical (unpaired) electrons. The highest BCUT2D eigenvalue weighted by atomic mass is 32.1. The van der Waals surface area contributed by atoms with Crippen molar-refractivity contribution in [2.45, 2.75) is 6.54 Å². The first kappa shape index (κ1) is 11.4. The van der Waals surface area contributed by atoms with Crippen LogP contribution in [0.1, 0.15) is 4.88 Å². The Hall–Kier alpha value is -1.11. The van der Waals surface area contributed by atoms with E-state index in [1.807, 2.05) is 12.1 Å². The Labute approximate surface area is 98.6 Å². The van der Waals surface area contributed by atoms with Gasteiger partial charge in [-0.15, -0.1) is 11.3 Å². The molecule has 1 aromatic heterocycles. The number of rotatable bonds is 3. The normalized spacial score (nSPS) is 17.2. The van der Waals surface area contributed by atoms with Crippen LogP contribution >= 0.6 is 11.3 Å². The molecule has 1 saturated heterocycles. The summed E-state index contributed by atoms with van der Waals surface area (Å²) in [5.74, 6) is 0. The van der Waals surface area contributed by atoms with Crippen molar-refractivity contribution in [1.82, 2.24) is 10.2 Å². The fourth-order valence-corrected chi connectivity index (χ4v) is 2.69. The molecule has 1 aromatic rings. The number of nitrogens with two attached hydrogens (primary N) is 1. The van der Waals surface area contributed by atoms with Gasteiger partial charge in [0.1, 0.15) is 0 Å². The van der Waals surface area contributed by atoms with Crippen LogP contribution in [-0.4, -0.2) is 37.1 Å². The fraction of sp³-hybridized carbons (Fsp3) is 0.500. The molecule has 4 N–H and O–H groups in total. The molecule has 2 amide bonds. The molecule has 1 aliphatic heterocycles. The Balaban J connectivity index is 1.88. The number of urea groups is 1. The third-order valence-electron chi connectivity index (χ3n) is 2.50. The average molecular weight is 240 g/mol. The van der Waals surface area contributed by atoms with Gasteiger partial charge in [0, 0.05) is 37.6 Å². The number of nitrogens with one attached hydrogen (secondary N) is 2. The van der Waals surface area contributed by atoms with Gasteiger partial charge in [0.15, 0.2) is 0 Å². The summed E-state index contributed by atoms with van der Waals surface area (Å²) in [6, 6.07) is 3.43. The Kier molecular flexibility index (Phi) is 3.76. The van der Waals surface area contributed by atoms with E-state index in [0.29, 0.717) is 0 Å².